The number of rotatable bonds is 5. The number of aliphatic hydroxyl groups is 2. The van der Waals surface area contributed by atoms with Crippen molar-refractivity contribution in [3.8, 4) is 0 Å². The molecule has 0 spiro atoms. The van der Waals surface area contributed by atoms with Crippen LogP contribution in [-0.2, 0) is 16.5 Å². The lowest BCUT2D eigenvalue weighted by Gasteiger charge is -2.40. The highest BCUT2D eigenvalue weighted by Gasteiger charge is 2.38. The number of β-amino-alcohol motifs (C(OH)–C–C–N with tert-alkyl or cyclic N) is 1. The summed E-state index contributed by atoms with van der Waals surface area (Å²) in [5.74, 6) is 0. The van der Waals surface area contributed by atoms with Crippen LogP contribution in [0.5, 0.6) is 0 Å². The Morgan fingerprint density at radius 3 is 2.21 bits per heavy atom. The number of hydrogen-bond donors (Lipinski definition) is 2. The lowest BCUT2D eigenvalue weighted by atomic mass is 9.83. The molecule has 3 rings (SSSR count). The van der Waals surface area contributed by atoms with E-state index in [-0.39, 0.29) is 10.6 Å². The molecule has 2 aliphatic heterocycles. The Morgan fingerprint density at radius 1 is 1.07 bits per heavy atom. The fourth-order valence-electron chi connectivity index (χ4n) is 3.86. The molecule has 0 radical (unpaired) electrons. The van der Waals surface area contributed by atoms with E-state index in [1.54, 1.807) is 0 Å². The van der Waals surface area contributed by atoms with Crippen molar-refractivity contribution in [1.82, 2.24) is 9.80 Å². The van der Waals surface area contributed by atoms with E-state index in [9.17, 15) is 23.4 Å². The largest absolute Gasteiger partial charge is 0.417 e. The first-order chi connectivity index (χ1) is 13.2. The molecule has 0 bridgehead atoms. The van der Waals surface area contributed by atoms with Crippen LogP contribution in [0.25, 0.3) is 0 Å². The number of hydrogen-bond acceptors (Lipinski definition) is 5. The van der Waals surface area contributed by atoms with E-state index in [1.165, 1.54) is 12.1 Å². The Bertz CT molecular complexity index is 660. The molecule has 2 aliphatic rings. The summed E-state index contributed by atoms with van der Waals surface area (Å²) in [7, 11) is 0. The molecule has 5 nitrogen and oxygen atoms in total. The molecule has 0 amide bonds. The molecule has 9 heteroatoms. The van der Waals surface area contributed by atoms with Gasteiger partial charge in [-0.25, -0.2) is 0 Å². The van der Waals surface area contributed by atoms with Gasteiger partial charge in [0.2, 0.25) is 0 Å². The molecule has 1 unspecified atom stereocenters. The Morgan fingerprint density at radius 2 is 1.64 bits per heavy atom. The van der Waals surface area contributed by atoms with Crippen molar-refractivity contribution < 1.29 is 28.1 Å². The van der Waals surface area contributed by atoms with Crippen LogP contribution < -0.4 is 0 Å². The molecule has 1 aromatic rings. The van der Waals surface area contributed by atoms with Gasteiger partial charge in [0.25, 0.3) is 0 Å². The smallest absolute Gasteiger partial charge is 0.390 e. The normalized spacial score (nSPS) is 22.9. The molecule has 0 aromatic heterocycles. The molecule has 158 valence electrons. The van der Waals surface area contributed by atoms with Crippen molar-refractivity contribution in [2.75, 3.05) is 52.5 Å². The summed E-state index contributed by atoms with van der Waals surface area (Å²) in [5.41, 5.74) is -2.02. The number of morpholine rings is 1. The van der Waals surface area contributed by atoms with Crippen molar-refractivity contribution in [2.45, 2.75) is 30.7 Å². The standard InChI is InChI=1S/C19H26ClF3N2O3/c20-17-2-1-14(11-16(17)19(21,22)23)18(27)3-5-24(6-4-18)12-15(26)13-25-7-9-28-10-8-25/h1-2,11,15,26-27H,3-10,12-13H2. The van der Waals surface area contributed by atoms with Crippen molar-refractivity contribution in [3.63, 3.8) is 0 Å². The van der Waals surface area contributed by atoms with Gasteiger partial charge >= 0.3 is 6.18 Å². The third kappa shape index (κ3) is 5.37. The summed E-state index contributed by atoms with van der Waals surface area (Å²) >= 11 is 5.68. The first-order valence-corrected chi connectivity index (χ1v) is 9.85. The van der Waals surface area contributed by atoms with E-state index in [0.29, 0.717) is 52.2 Å². The third-order valence-corrected chi connectivity index (χ3v) is 5.86. The number of likely N-dealkylation sites (tertiary alicyclic amines) is 1. The topological polar surface area (TPSA) is 56.2 Å². The summed E-state index contributed by atoms with van der Waals surface area (Å²) < 4.78 is 44.6. The monoisotopic (exact) mass is 422 g/mol. The van der Waals surface area contributed by atoms with E-state index in [0.717, 1.165) is 19.2 Å². The molecular weight excluding hydrogens is 397 g/mol. The summed E-state index contributed by atoms with van der Waals surface area (Å²) in [6.07, 6.45) is -4.48. The Labute approximate surface area is 167 Å². The SMILES string of the molecule is OC(CN1CCOCC1)CN1CCC(O)(c2ccc(Cl)c(C(F)(F)F)c2)CC1. The molecule has 2 heterocycles. The van der Waals surface area contributed by atoms with E-state index in [1.807, 2.05) is 4.90 Å². The van der Waals surface area contributed by atoms with Gasteiger partial charge in [-0.15, -0.1) is 0 Å². The van der Waals surface area contributed by atoms with Gasteiger partial charge in [0.05, 0.1) is 35.5 Å². The lowest BCUT2D eigenvalue weighted by molar-refractivity contribution is -0.137. The van der Waals surface area contributed by atoms with Crippen molar-refractivity contribution >= 4 is 11.6 Å². The number of aliphatic hydroxyl groups excluding tert-OH is 1. The second-order valence-electron chi connectivity index (χ2n) is 7.59. The predicted molar refractivity (Wildman–Crippen MR) is 99.3 cm³/mol. The van der Waals surface area contributed by atoms with Crippen LogP contribution in [0.15, 0.2) is 18.2 Å². The van der Waals surface area contributed by atoms with Crippen molar-refractivity contribution in [3.05, 3.63) is 34.3 Å². The number of halogens is 4. The Kier molecular flexibility index (Phi) is 6.89. The Balaban J connectivity index is 1.56. The number of piperidine rings is 1. The minimum Gasteiger partial charge on any atom is -0.390 e. The minimum absolute atomic E-state index is 0.234. The van der Waals surface area contributed by atoms with Crippen LogP contribution in [0.4, 0.5) is 13.2 Å². The molecule has 1 aromatic carbocycles. The van der Waals surface area contributed by atoms with Crippen LogP contribution in [0.1, 0.15) is 24.0 Å². The molecule has 2 N–H and O–H groups in total. The van der Waals surface area contributed by atoms with Crippen LogP contribution in [0.3, 0.4) is 0 Å². The maximum Gasteiger partial charge on any atom is 0.417 e. The summed E-state index contributed by atoms with van der Waals surface area (Å²) in [5, 5.41) is 20.9. The maximum absolute atomic E-state index is 13.1. The highest BCUT2D eigenvalue weighted by molar-refractivity contribution is 6.31. The molecule has 28 heavy (non-hydrogen) atoms. The van der Waals surface area contributed by atoms with E-state index in [4.69, 9.17) is 16.3 Å². The zero-order chi connectivity index (χ0) is 20.4. The van der Waals surface area contributed by atoms with Crippen molar-refractivity contribution in [2.24, 2.45) is 0 Å². The van der Waals surface area contributed by atoms with Gasteiger partial charge in [0, 0.05) is 39.3 Å². The zero-order valence-electron chi connectivity index (χ0n) is 15.6. The fraction of sp³-hybridized carbons (Fsp3) is 0.684. The molecular formula is C19H26ClF3N2O3. The van der Waals surface area contributed by atoms with Gasteiger partial charge in [0.1, 0.15) is 0 Å². The van der Waals surface area contributed by atoms with Gasteiger partial charge in [-0.3, -0.25) is 4.90 Å². The summed E-state index contributed by atoms with van der Waals surface area (Å²) in [6.45, 7) is 4.98. The molecule has 0 aliphatic carbocycles. The molecule has 2 fully saturated rings. The zero-order valence-corrected chi connectivity index (χ0v) is 16.3. The third-order valence-electron chi connectivity index (χ3n) is 5.53. The average molecular weight is 423 g/mol. The van der Waals surface area contributed by atoms with Crippen LogP contribution in [0, 0.1) is 0 Å². The average Bonchev–Trinajstić information content (AvgIpc) is 2.64. The summed E-state index contributed by atoms with van der Waals surface area (Å²) in [4.78, 5) is 4.20. The number of ether oxygens (including phenoxy) is 1. The van der Waals surface area contributed by atoms with Crippen LogP contribution in [-0.4, -0.2) is 78.6 Å². The van der Waals surface area contributed by atoms with Crippen LogP contribution in [0.2, 0.25) is 5.02 Å². The molecule has 0 saturated carbocycles. The highest BCUT2D eigenvalue weighted by Crippen LogP contribution is 2.39. The van der Waals surface area contributed by atoms with Gasteiger partial charge in [-0.05, 0) is 30.5 Å². The quantitative estimate of drug-likeness (QED) is 0.763. The van der Waals surface area contributed by atoms with Crippen LogP contribution >= 0.6 is 11.6 Å². The molecule has 1 atom stereocenters. The molecule has 2 saturated heterocycles. The van der Waals surface area contributed by atoms with Gasteiger partial charge < -0.3 is 19.8 Å². The summed E-state index contributed by atoms with van der Waals surface area (Å²) in [6, 6.07) is 3.60. The maximum atomic E-state index is 13.1. The fourth-order valence-corrected chi connectivity index (χ4v) is 4.09. The van der Waals surface area contributed by atoms with Gasteiger partial charge in [0.15, 0.2) is 0 Å². The second-order valence-corrected chi connectivity index (χ2v) is 8.00. The number of alkyl halides is 3. The predicted octanol–water partition coefficient (Wildman–Crippen LogP) is 2.34. The highest BCUT2D eigenvalue weighted by atomic mass is 35.5. The number of nitrogens with zero attached hydrogens (tertiary/aromatic N) is 2. The lowest BCUT2D eigenvalue weighted by Crippen LogP contribution is -2.48. The van der Waals surface area contributed by atoms with Gasteiger partial charge in [-0.1, -0.05) is 17.7 Å². The first kappa shape index (κ1) is 21.8. The van der Waals surface area contributed by atoms with E-state index < -0.39 is 23.4 Å². The second kappa shape index (κ2) is 8.85. The number of benzene rings is 1. The van der Waals surface area contributed by atoms with Gasteiger partial charge in [-0.2, -0.15) is 13.2 Å². The van der Waals surface area contributed by atoms with E-state index in [2.05, 4.69) is 4.90 Å². The van der Waals surface area contributed by atoms with Crippen molar-refractivity contribution in [1.29, 1.82) is 0 Å². The Hall–Kier alpha value is -0.900. The first-order valence-electron chi connectivity index (χ1n) is 9.47. The minimum atomic E-state index is -4.56. The van der Waals surface area contributed by atoms with E-state index >= 15 is 0 Å².